The van der Waals surface area contributed by atoms with E-state index in [2.05, 4.69) is 43.5 Å². The molecule has 0 aliphatic carbocycles. The number of unbranched alkanes of at least 4 members (excludes halogenated alkanes) is 36. The maximum absolute atomic E-state index is 12.4. The number of amides is 1. The minimum absolute atomic E-state index is 0.0131. The Morgan fingerprint density at radius 1 is 0.452 bits per heavy atom. The van der Waals surface area contributed by atoms with Gasteiger partial charge in [-0.1, -0.05) is 243 Å². The summed E-state index contributed by atoms with van der Waals surface area (Å²) >= 11 is 0. The first-order chi connectivity index (χ1) is 30.5. The average Bonchev–Trinajstić information content (AvgIpc) is 3.27. The van der Waals surface area contributed by atoms with E-state index >= 15 is 0 Å². The standard InChI is InChI=1S/C56H105NO5/c1-3-5-7-9-11-13-15-24-28-32-36-40-44-48-54(59)53(52-58)57-55(60)49-45-41-37-33-29-26-22-20-18-17-19-21-23-27-31-35-39-43-47-51-62-56(61)50-46-42-38-34-30-25-16-14-12-10-8-6-4-2/h21,23,27,31,44,48,53-54,58-59H,3-20,22,24-26,28-30,32-43,45-47,49-52H2,1-2H3,(H,57,60)/b23-21-,31-27-,48-44+. The number of aliphatic hydroxyl groups is 2. The lowest BCUT2D eigenvalue weighted by molar-refractivity contribution is -0.143. The van der Waals surface area contributed by atoms with Crippen LogP contribution >= 0.6 is 0 Å². The monoisotopic (exact) mass is 872 g/mol. The minimum atomic E-state index is -0.850. The summed E-state index contributed by atoms with van der Waals surface area (Å²) in [5.41, 5.74) is 0. The van der Waals surface area contributed by atoms with Crippen LogP contribution in [0.1, 0.15) is 284 Å². The number of hydrogen-bond acceptors (Lipinski definition) is 5. The second-order valence-corrected chi connectivity index (χ2v) is 18.6. The number of nitrogens with one attached hydrogen (secondary N) is 1. The van der Waals surface area contributed by atoms with Crippen LogP contribution in [0.15, 0.2) is 36.5 Å². The molecule has 0 fully saturated rings. The molecule has 0 aromatic rings. The van der Waals surface area contributed by atoms with Crippen LogP contribution in [-0.4, -0.2) is 47.4 Å². The lowest BCUT2D eigenvalue weighted by atomic mass is 10.0. The quantitative estimate of drug-likeness (QED) is 0.0245. The van der Waals surface area contributed by atoms with Gasteiger partial charge in [0.05, 0.1) is 25.4 Å². The molecule has 0 rings (SSSR count). The van der Waals surface area contributed by atoms with Crippen LogP contribution < -0.4 is 5.32 Å². The van der Waals surface area contributed by atoms with Crippen LogP contribution in [0.5, 0.6) is 0 Å². The highest BCUT2D eigenvalue weighted by atomic mass is 16.5. The number of carbonyl (C=O) groups is 2. The molecule has 3 N–H and O–H groups in total. The fourth-order valence-corrected chi connectivity index (χ4v) is 8.21. The molecule has 0 heterocycles. The molecule has 2 atom stereocenters. The molecule has 6 heteroatoms. The number of aliphatic hydroxyl groups excluding tert-OH is 2. The fourth-order valence-electron chi connectivity index (χ4n) is 8.21. The van der Waals surface area contributed by atoms with Gasteiger partial charge in [-0.3, -0.25) is 9.59 Å². The minimum Gasteiger partial charge on any atom is -0.466 e. The summed E-state index contributed by atoms with van der Waals surface area (Å²) in [6, 6.07) is -0.634. The van der Waals surface area contributed by atoms with Gasteiger partial charge in [-0.25, -0.2) is 0 Å². The Bertz CT molecular complexity index is 1010. The van der Waals surface area contributed by atoms with Gasteiger partial charge >= 0.3 is 5.97 Å². The van der Waals surface area contributed by atoms with Crippen LogP contribution in [0.4, 0.5) is 0 Å². The van der Waals surface area contributed by atoms with E-state index in [0.717, 1.165) is 77.0 Å². The third-order valence-corrected chi connectivity index (χ3v) is 12.4. The lowest BCUT2D eigenvalue weighted by Crippen LogP contribution is -2.45. The number of carbonyl (C=O) groups excluding carboxylic acids is 2. The Labute approximate surface area is 385 Å². The van der Waals surface area contributed by atoms with E-state index in [1.165, 1.54) is 180 Å². The van der Waals surface area contributed by atoms with Crippen molar-refractivity contribution < 1.29 is 24.5 Å². The van der Waals surface area contributed by atoms with Crippen molar-refractivity contribution >= 4 is 11.9 Å². The molecular weight excluding hydrogens is 767 g/mol. The van der Waals surface area contributed by atoms with Gasteiger partial charge in [0.2, 0.25) is 5.91 Å². The zero-order chi connectivity index (χ0) is 45.1. The van der Waals surface area contributed by atoms with Gasteiger partial charge < -0.3 is 20.3 Å². The molecule has 0 bridgehead atoms. The van der Waals surface area contributed by atoms with Crippen molar-refractivity contribution in [2.24, 2.45) is 0 Å². The third-order valence-electron chi connectivity index (χ3n) is 12.4. The zero-order valence-corrected chi connectivity index (χ0v) is 41.4. The van der Waals surface area contributed by atoms with E-state index in [0.29, 0.717) is 19.4 Å². The van der Waals surface area contributed by atoms with Gasteiger partial charge in [-0.05, 0) is 64.2 Å². The molecule has 0 aromatic carbocycles. The Morgan fingerprint density at radius 2 is 0.790 bits per heavy atom. The van der Waals surface area contributed by atoms with Crippen LogP contribution in [-0.2, 0) is 14.3 Å². The molecule has 364 valence electrons. The van der Waals surface area contributed by atoms with Gasteiger partial charge in [-0.15, -0.1) is 0 Å². The van der Waals surface area contributed by atoms with Crippen molar-refractivity contribution in [2.45, 2.75) is 296 Å². The molecule has 1 amide bonds. The van der Waals surface area contributed by atoms with Crippen molar-refractivity contribution in [3.63, 3.8) is 0 Å². The van der Waals surface area contributed by atoms with E-state index in [1.54, 1.807) is 6.08 Å². The summed E-state index contributed by atoms with van der Waals surface area (Å²) in [4.78, 5) is 24.4. The molecule has 0 saturated carbocycles. The number of rotatable bonds is 50. The summed E-state index contributed by atoms with van der Waals surface area (Å²) in [7, 11) is 0. The van der Waals surface area contributed by atoms with Crippen molar-refractivity contribution in [1.29, 1.82) is 0 Å². The summed E-state index contributed by atoms with van der Waals surface area (Å²) in [5.74, 6) is -0.0915. The maximum Gasteiger partial charge on any atom is 0.305 e. The van der Waals surface area contributed by atoms with E-state index in [4.69, 9.17) is 4.74 Å². The molecule has 0 spiro atoms. The first-order valence-electron chi connectivity index (χ1n) is 27.3. The van der Waals surface area contributed by atoms with Crippen LogP contribution in [0, 0.1) is 0 Å². The summed E-state index contributed by atoms with van der Waals surface area (Å²) in [5, 5.41) is 23.0. The summed E-state index contributed by atoms with van der Waals surface area (Å²) < 4.78 is 5.44. The van der Waals surface area contributed by atoms with Gasteiger partial charge in [0.15, 0.2) is 0 Å². The summed E-state index contributed by atoms with van der Waals surface area (Å²) in [6.45, 7) is 4.86. The highest BCUT2D eigenvalue weighted by Gasteiger charge is 2.18. The lowest BCUT2D eigenvalue weighted by Gasteiger charge is -2.20. The SMILES string of the molecule is CCCCCCCCCCCCC/C=C/C(O)C(CO)NC(=O)CCCCCCCCCCCC/C=C\C=C/CCCCCOC(=O)CCCCCCCCCCCCCCC. The van der Waals surface area contributed by atoms with Gasteiger partial charge in [0.25, 0.3) is 0 Å². The average molecular weight is 872 g/mol. The Hall–Kier alpha value is -1.92. The van der Waals surface area contributed by atoms with Gasteiger partial charge in [-0.2, -0.15) is 0 Å². The second kappa shape index (κ2) is 51.7. The molecule has 62 heavy (non-hydrogen) atoms. The van der Waals surface area contributed by atoms with Crippen molar-refractivity contribution in [3.8, 4) is 0 Å². The number of esters is 1. The number of ether oxygens (including phenoxy) is 1. The highest BCUT2D eigenvalue weighted by molar-refractivity contribution is 5.76. The second-order valence-electron chi connectivity index (χ2n) is 18.6. The molecule has 6 nitrogen and oxygen atoms in total. The first kappa shape index (κ1) is 60.1. The van der Waals surface area contributed by atoms with Crippen LogP contribution in [0.25, 0.3) is 0 Å². The van der Waals surface area contributed by atoms with E-state index in [-0.39, 0.29) is 18.5 Å². The number of hydrogen-bond donors (Lipinski definition) is 3. The fraction of sp³-hybridized carbons (Fsp3) is 0.857. The van der Waals surface area contributed by atoms with Crippen molar-refractivity contribution in [2.75, 3.05) is 13.2 Å². The van der Waals surface area contributed by atoms with Crippen LogP contribution in [0.2, 0.25) is 0 Å². The smallest absolute Gasteiger partial charge is 0.305 e. The first-order valence-corrected chi connectivity index (χ1v) is 27.3. The Morgan fingerprint density at radius 3 is 1.19 bits per heavy atom. The molecule has 0 saturated heterocycles. The van der Waals surface area contributed by atoms with Crippen molar-refractivity contribution in [1.82, 2.24) is 5.32 Å². The molecule has 2 unspecified atom stereocenters. The Kier molecular flexibility index (Phi) is 50.1. The van der Waals surface area contributed by atoms with Crippen molar-refractivity contribution in [3.05, 3.63) is 36.5 Å². The zero-order valence-electron chi connectivity index (χ0n) is 41.4. The molecule has 0 radical (unpaired) electrons. The number of allylic oxidation sites excluding steroid dienone is 5. The largest absolute Gasteiger partial charge is 0.466 e. The van der Waals surface area contributed by atoms with Gasteiger partial charge in [0, 0.05) is 12.8 Å². The predicted molar refractivity (Wildman–Crippen MR) is 269 cm³/mol. The molecule has 0 aliphatic rings. The van der Waals surface area contributed by atoms with Gasteiger partial charge in [0.1, 0.15) is 0 Å². The van der Waals surface area contributed by atoms with Crippen LogP contribution in [0.3, 0.4) is 0 Å². The van der Waals surface area contributed by atoms with E-state index < -0.39 is 12.1 Å². The maximum atomic E-state index is 12.4. The molecule has 0 aliphatic heterocycles. The molecular formula is C56H105NO5. The molecule has 0 aromatic heterocycles. The van der Waals surface area contributed by atoms with E-state index in [1.807, 2.05) is 6.08 Å². The normalized spacial score (nSPS) is 12.9. The van der Waals surface area contributed by atoms with E-state index in [9.17, 15) is 19.8 Å². The predicted octanol–water partition coefficient (Wildman–Crippen LogP) is 16.5. The third kappa shape index (κ3) is 47.6. The Balaban J connectivity index is 3.50. The topological polar surface area (TPSA) is 95.9 Å². The highest BCUT2D eigenvalue weighted by Crippen LogP contribution is 2.16. The summed E-state index contributed by atoms with van der Waals surface area (Å²) in [6.07, 6.45) is 63.0.